The number of ether oxygens (including phenoxy) is 2. The number of amides is 1. The lowest BCUT2D eigenvalue weighted by Gasteiger charge is -2.20. The highest BCUT2D eigenvalue weighted by Gasteiger charge is 2.37. The van der Waals surface area contributed by atoms with Crippen molar-refractivity contribution in [2.75, 3.05) is 20.8 Å². The van der Waals surface area contributed by atoms with E-state index >= 15 is 0 Å². The molecule has 0 unspecified atom stereocenters. The van der Waals surface area contributed by atoms with Crippen molar-refractivity contribution >= 4 is 17.8 Å². The van der Waals surface area contributed by atoms with Gasteiger partial charge in [0.2, 0.25) is 0 Å². The third kappa shape index (κ3) is 2.26. The number of methoxy groups -OCH3 is 2. The summed E-state index contributed by atoms with van der Waals surface area (Å²) >= 11 is 0. The third-order valence-corrected chi connectivity index (χ3v) is 2.35. The SMILES string of the molecule is COC(=O)C(=O)N1CCC[C@H]1C(=O)OC. The molecule has 1 amide bonds. The molecule has 0 N–H and O–H groups in total. The maximum Gasteiger partial charge on any atom is 0.396 e. The summed E-state index contributed by atoms with van der Waals surface area (Å²) in [4.78, 5) is 34.9. The Hall–Kier alpha value is -1.59. The van der Waals surface area contributed by atoms with Crippen LogP contribution in [0.5, 0.6) is 0 Å². The number of rotatable bonds is 1. The molecule has 0 saturated carbocycles. The van der Waals surface area contributed by atoms with Crippen LogP contribution in [0, 0.1) is 0 Å². The van der Waals surface area contributed by atoms with E-state index < -0.39 is 23.9 Å². The normalized spacial score (nSPS) is 19.9. The van der Waals surface area contributed by atoms with Crippen LogP contribution in [0.2, 0.25) is 0 Å². The fourth-order valence-corrected chi connectivity index (χ4v) is 1.60. The van der Waals surface area contributed by atoms with Gasteiger partial charge in [0, 0.05) is 6.54 Å². The first-order chi connectivity index (χ1) is 7.11. The van der Waals surface area contributed by atoms with E-state index in [2.05, 4.69) is 9.47 Å². The molecule has 0 bridgehead atoms. The minimum atomic E-state index is -0.953. The molecule has 1 heterocycles. The Balaban J connectivity index is 2.72. The zero-order chi connectivity index (χ0) is 11.4. The molecule has 0 aromatic carbocycles. The third-order valence-electron chi connectivity index (χ3n) is 2.35. The lowest BCUT2D eigenvalue weighted by Crippen LogP contribution is -2.44. The number of likely N-dealkylation sites (tertiary alicyclic amines) is 1. The van der Waals surface area contributed by atoms with Crippen LogP contribution in [0.1, 0.15) is 12.8 Å². The highest BCUT2D eigenvalue weighted by molar-refractivity contribution is 6.32. The molecular formula is C9H13NO5. The number of carbonyl (C=O) groups excluding carboxylic acids is 3. The summed E-state index contributed by atoms with van der Waals surface area (Å²) < 4.78 is 8.85. The Bertz CT molecular complexity index is 288. The predicted molar refractivity (Wildman–Crippen MR) is 48.8 cm³/mol. The van der Waals surface area contributed by atoms with Crippen molar-refractivity contribution in [1.29, 1.82) is 0 Å². The molecule has 15 heavy (non-hydrogen) atoms. The van der Waals surface area contributed by atoms with E-state index in [0.717, 1.165) is 7.11 Å². The Morgan fingerprint density at radius 2 is 1.87 bits per heavy atom. The first kappa shape index (κ1) is 11.5. The Kier molecular flexibility index (Phi) is 3.65. The molecule has 1 rings (SSSR count). The number of hydrogen-bond donors (Lipinski definition) is 0. The second-order valence-electron chi connectivity index (χ2n) is 3.17. The van der Waals surface area contributed by atoms with Gasteiger partial charge in [-0.25, -0.2) is 9.59 Å². The van der Waals surface area contributed by atoms with Crippen molar-refractivity contribution in [3.05, 3.63) is 0 Å². The second kappa shape index (κ2) is 4.77. The molecule has 0 radical (unpaired) electrons. The average molecular weight is 215 g/mol. The summed E-state index contributed by atoms with van der Waals surface area (Å²) in [6.07, 6.45) is 1.21. The lowest BCUT2D eigenvalue weighted by atomic mass is 10.2. The van der Waals surface area contributed by atoms with Gasteiger partial charge in [0.05, 0.1) is 14.2 Å². The zero-order valence-electron chi connectivity index (χ0n) is 8.69. The number of esters is 2. The topological polar surface area (TPSA) is 72.9 Å². The maximum atomic E-state index is 11.5. The van der Waals surface area contributed by atoms with Crippen LogP contribution in [-0.4, -0.2) is 49.6 Å². The molecular weight excluding hydrogens is 202 g/mol. The van der Waals surface area contributed by atoms with Crippen LogP contribution in [0.3, 0.4) is 0 Å². The molecule has 6 nitrogen and oxygen atoms in total. The van der Waals surface area contributed by atoms with Gasteiger partial charge >= 0.3 is 17.8 Å². The molecule has 0 spiro atoms. The predicted octanol–water partition coefficient (Wildman–Crippen LogP) is -0.677. The molecule has 0 aromatic rings. The van der Waals surface area contributed by atoms with E-state index in [-0.39, 0.29) is 0 Å². The molecule has 6 heteroatoms. The Morgan fingerprint density at radius 1 is 1.20 bits per heavy atom. The Labute approximate surface area is 87.1 Å². The quantitative estimate of drug-likeness (QED) is 0.428. The monoisotopic (exact) mass is 215 g/mol. The van der Waals surface area contributed by atoms with Crippen LogP contribution in [0.15, 0.2) is 0 Å². The summed E-state index contributed by atoms with van der Waals surface area (Å²) in [5, 5.41) is 0. The van der Waals surface area contributed by atoms with Gasteiger partial charge in [0.25, 0.3) is 0 Å². The van der Waals surface area contributed by atoms with Gasteiger partial charge < -0.3 is 14.4 Å². The van der Waals surface area contributed by atoms with Crippen molar-refractivity contribution in [3.8, 4) is 0 Å². The molecule has 1 aliphatic heterocycles. The van der Waals surface area contributed by atoms with Crippen molar-refractivity contribution in [3.63, 3.8) is 0 Å². The summed E-state index contributed by atoms with van der Waals surface area (Å²) in [5.41, 5.74) is 0. The smallest absolute Gasteiger partial charge is 0.396 e. The molecule has 1 saturated heterocycles. The minimum absolute atomic E-state index is 0.383. The van der Waals surface area contributed by atoms with Gasteiger partial charge in [-0.1, -0.05) is 0 Å². The van der Waals surface area contributed by atoms with Crippen LogP contribution in [0.25, 0.3) is 0 Å². The molecule has 0 aliphatic carbocycles. The summed E-state index contributed by atoms with van der Waals surface area (Å²) in [6, 6.07) is -0.651. The number of nitrogens with zero attached hydrogens (tertiary/aromatic N) is 1. The van der Waals surface area contributed by atoms with Crippen LogP contribution in [-0.2, 0) is 23.9 Å². The average Bonchev–Trinajstić information content (AvgIpc) is 2.74. The molecule has 0 aromatic heterocycles. The number of hydrogen-bond acceptors (Lipinski definition) is 5. The first-order valence-corrected chi connectivity index (χ1v) is 4.58. The molecule has 1 atom stereocenters. The number of carbonyl (C=O) groups is 3. The second-order valence-corrected chi connectivity index (χ2v) is 3.17. The van der Waals surface area contributed by atoms with Crippen LogP contribution >= 0.6 is 0 Å². The highest BCUT2D eigenvalue weighted by Crippen LogP contribution is 2.18. The maximum absolute atomic E-state index is 11.5. The first-order valence-electron chi connectivity index (χ1n) is 4.58. The van der Waals surface area contributed by atoms with Crippen LogP contribution < -0.4 is 0 Å². The summed E-state index contributed by atoms with van der Waals surface area (Å²) in [7, 11) is 2.38. The van der Waals surface area contributed by atoms with E-state index in [1.807, 2.05) is 0 Å². The standard InChI is InChI=1S/C9H13NO5/c1-14-8(12)6-4-3-5-10(6)7(11)9(13)15-2/h6H,3-5H2,1-2H3/t6-/m0/s1. The van der Waals surface area contributed by atoms with Crippen molar-refractivity contribution in [1.82, 2.24) is 4.90 Å². The molecule has 1 aliphatic rings. The van der Waals surface area contributed by atoms with Gasteiger partial charge in [-0.3, -0.25) is 4.79 Å². The summed E-state index contributed by atoms with van der Waals surface area (Å²) in [6.45, 7) is 0.383. The van der Waals surface area contributed by atoms with Crippen LogP contribution in [0.4, 0.5) is 0 Å². The lowest BCUT2D eigenvalue weighted by molar-refractivity contribution is -0.161. The highest BCUT2D eigenvalue weighted by atomic mass is 16.5. The van der Waals surface area contributed by atoms with Gasteiger partial charge in [-0.05, 0) is 12.8 Å². The summed E-state index contributed by atoms with van der Waals surface area (Å²) in [5.74, 6) is -2.24. The van der Waals surface area contributed by atoms with E-state index in [1.165, 1.54) is 12.0 Å². The van der Waals surface area contributed by atoms with E-state index in [0.29, 0.717) is 19.4 Å². The largest absolute Gasteiger partial charge is 0.467 e. The zero-order valence-corrected chi connectivity index (χ0v) is 8.69. The van der Waals surface area contributed by atoms with Gasteiger partial charge in [0.15, 0.2) is 0 Å². The van der Waals surface area contributed by atoms with Gasteiger partial charge in [-0.2, -0.15) is 0 Å². The van der Waals surface area contributed by atoms with Crippen molar-refractivity contribution in [2.24, 2.45) is 0 Å². The van der Waals surface area contributed by atoms with E-state index in [4.69, 9.17) is 0 Å². The molecule has 84 valence electrons. The van der Waals surface area contributed by atoms with E-state index in [9.17, 15) is 14.4 Å². The molecule has 1 fully saturated rings. The van der Waals surface area contributed by atoms with Gasteiger partial charge in [0.1, 0.15) is 6.04 Å². The van der Waals surface area contributed by atoms with E-state index in [1.54, 1.807) is 0 Å². The Morgan fingerprint density at radius 3 is 2.40 bits per heavy atom. The van der Waals surface area contributed by atoms with Crippen molar-refractivity contribution < 1.29 is 23.9 Å². The van der Waals surface area contributed by atoms with Crippen molar-refractivity contribution in [2.45, 2.75) is 18.9 Å². The van der Waals surface area contributed by atoms with Gasteiger partial charge in [-0.15, -0.1) is 0 Å². The fraction of sp³-hybridized carbons (Fsp3) is 0.667. The minimum Gasteiger partial charge on any atom is -0.467 e. The fourth-order valence-electron chi connectivity index (χ4n) is 1.60.